The summed E-state index contributed by atoms with van der Waals surface area (Å²) in [6.07, 6.45) is 7.82. The van der Waals surface area contributed by atoms with Crippen LogP contribution in [0.3, 0.4) is 0 Å². The molecule has 0 aromatic rings. The summed E-state index contributed by atoms with van der Waals surface area (Å²) in [6.45, 7) is 2.06. The third-order valence-corrected chi connectivity index (χ3v) is 0.908. The van der Waals surface area contributed by atoms with E-state index in [4.69, 9.17) is 3.47 Å². The SMILES string of the molecule is CC1C=CC=C[N-]1.[O]=[Pd]. The second-order valence-corrected chi connectivity index (χ2v) is 1.62. The van der Waals surface area contributed by atoms with Crippen LogP contribution in [0.15, 0.2) is 24.4 Å². The summed E-state index contributed by atoms with van der Waals surface area (Å²) in [5.41, 5.74) is 0. The maximum absolute atomic E-state index is 8.10. The van der Waals surface area contributed by atoms with Gasteiger partial charge < -0.3 is 5.32 Å². The zero-order chi connectivity index (χ0) is 7.11. The van der Waals surface area contributed by atoms with Crippen LogP contribution in [0.4, 0.5) is 0 Å². The number of hydrogen-bond acceptors (Lipinski definition) is 1. The molecular weight excluding hydrogens is 208 g/mol. The van der Waals surface area contributed by atoms with E-state index in [0.717, 1.165) is 0 Å². The van der Waals surface area contributed by atoms with Crippen molar-refractivity contribution in [2.75, 3.05) is 0 Å². The van der Waals surface area contributed by atoms with E-state index in [-0.39, 0.29) is 0 Å². The minimum atomic E-state index is 0.394. The first-order valence-corrected chi connectivity index (χ1v) is 3.19. The Kier molecular flexibility index (Phi) is 5.70. The van der Waals surface area contributed by atoms with Gasteiger partial charge in [0.05, 0.1) is 0 Å². The van der Waals surface area contributed by atoms with Crippen molar-refractivity contribution < 1.29 is 22.6 Å². The molecule has 0 aliphatic carbocycles. The van der Waals surface area contributed by atoms with Crippen molar-refractivity contribution in [3.63, 3.8) is 0 Å². The van der Waals surface area contributed by atoms with Crippen LogP contribution in [0.5, 0.6) is 0 Å². The van der Waals surface area contributed by atoms with Crippen LogP contribution in [0.2, 0.25) is 0 Å². The second-order valence-electron chi connectivity index (χ2n) is 1.62. The van der Waals surface area contributed by atoms with Crippen LogP contribution < -0.4 is 0 Å². The summed E-state index contributed by atoms with van der Waals surface area (Å²) in [4.78, 5) is 0. The molecule has 54 valence electrons. The molecule has 0 aromatic carbocycles. The van der Waals surface area contributed by atoms with Gasteiger partial charge in [-0.25, -0.2) is 0 Å². The quantitative estimate of drug-likeness (QED) is 0.567. The van der Waals surface area contributed by atoms with Crippen LogP contribution in [0, 0.1) is 0 Å². The minimum absolute atomic E-state index is 0.394. The first kappa shape index (κ1) is 8.74. The van der Waals surface area contributed by atoms with E-state index in [1.165, 1.54) is 19.2 Å². The molecule has 1 heterocycles. The third-order valence-electron chi connectivity index (χ3n) is 0.908. The summed E-state index contributed by atoms with van der Waals surface area (Å²) in [7, 11) is 0. The predicted octanol–water partition coefficient (Wildman–Crippen LogP) is 1.71. The third kappa shape index (κ3) is 4.26. The fourth-order valence-corrected chi connectivity index (χ4v) is 0.510. The van der Waals surface area contributed by atoms with Gasteiger partial charge in [-0.3, -0.25) is 0 Å². The maximum atomic E-state index is 8.10. The Bertz CT molecular complexity index is 122. The number of hydrogen-bond donors (Lipinski definition) is 0. The van der Waals surface area contributed by atoms with E-state index < -0.39 is 0 Å². The molecule has 3 heteroatoms. The molecule has 0 N–H and O–H groups in total. The normalized spacial score (nSPS) is 21.9. The summed E-state index contributed by atoms with van der Waals surface area (Å²) < 4.78 is 8.10. The molecule has 0 bridgehead atoms. The average molecular weight is 217 g/mol. The molecule has 0 radical (unpaired) electrons. The molecule has 1 aliphatic rings. The first-order chi connectivity index (χ1) is 4.39. The van der Waals surface area contributed by atoms with Gasteiger partial charge in [0.2, 0.25) is 0 Å². The molecule has 1 atom stereocenters. The second kappa shape index (κ2) is 5.87. The van der Waals surface area contributed by atoms with Gasteiger partial charge in [0, 0.05) is 0 Å². The van der Waals surface area contributed by atoms with Crippen LogP contribution in [-0.2, 0) is 22.6 Å². The van der Waals surface area contributed by atoms with Gasteiger partial charge in [-0.15, -0.1) is 6.04 Å². The topological polar surface area (TPSA) is 31.2 Å². The zero-order valence-corrected chi connectivity index (χ0v) is 6.61. The molecule has 0 saturated carbocycles. The summed E-state index contributed by atoms with van der Waals surface area (Å²) in [6, 6.07) is 0.394. The van der Waals surface area contributed by atoms with Crippen molar-refractivity contribution in [1.82, 2.24) is 0 Å². The Morgan fingerprint density at radius 2 is 2.11 bits per heavy atom. The molecule has 1 aliphatic heterocycles. The van der Waals surface area contributed by atoms with E-state index in [2.05, 4.69) is 18.3 Å². The molecule has 1 rings (SSSR count). The van der Waals surface area contributed by atoms with E-state index in [9.17, 15) is 0 Å². The summed E-state index contributed by atoms with van der Waals surface area (Å²) in [5.74, 6) is 0. The molecule has 1 unspecified atom stereocenters. The fraction of sp³-hybridized carbons (Fsp3) is 0.333. The van der Waals surface area contributed by atoms with Gasteiger partial charge >= 0.3 is 22.6 Å². The Morgan fingerprint density at radius 3 is 2.33 bits per heavy atom. The van der Waals surface area contributed by atoms with Crippen LogP contribution in [-0.4, -0.2) is 6.04 Å². The Hall–Kier alpha value is -0.258. The van der Waals surface area contributed by atoms with Gasteiger partial charge in [0.1, 0.15) is 0 Å². The van der Waals surface area contributed by atoms with E-state index in [1.54, 1.807) is 0 Å². The van der Waals surface area contributed by atoms with E-state index in [0.29, 0.717) is 6.04 Å². The van der Waals surface area contributed by atoms with Gasteiger partial charge in [0.25, 0.3) is 0 Å². The monoisotopic (exact) mass is 216 g/mol. The van der Waals surface area contributed by atoms with Gasteiger partial charge in [-0.05, 0) is 0 Å². The zero-order valence-electron chi connectivity index (χ0n) is 5.06. The molecule has 0 amide bonds. The Balaban J connectivity index is 0.000000291. The molecular formula is C6H8NOPd-. The number of rotatable bonds is 0. The standard InChI is InChI=1S/C6H8N.O.Pd/c1-6-4-2-3-5-7-6;;/h2-6H,1H3;;/q-1;;. The van der Waals surface area contributed by atoms with Crippen LogP contribution in [0.1, 0.15) is 6.92 Å². The van der Waals surface area contributed by atoms with Gasteiger partial charge in [-0.2, -0.15) is 6.20 Å². The van der Waals surface area contributed by atoms with Crippen LogP contribution in [0.25, 0.3) is 5.32 Å². The predicted molar refractivity (Wildman–Crippen MR) is 31.8 cm³/mol. The molecule has 9 heavy (non-hydrogen) atoms. The molecule has 2 nitrogen and oxygen atoms in total. The molecule has 0 saturated heterocycles. The Morgan fingerprint density at radius 1 is 1.44 bits per heavy atom. The fourth-order valence-electron chi connectivity index (χ4n) is 0.510. The van der Waals surface area contributed by atoms with Crippen molar-refractivity contribution in [3.05, 3.63) is 29.7 Å². The van der Waals surface area contributed by atoms with Crippen LogP contribution >= 0.6 is 0 Å². The van der Waals surface area contributed by atoms with Gasteiger partial charge in [0.15, 0.2) is 0 Å². The Labute approximate surface area is 65.7 Å². The number of nitrogens with zero attached hydrogens (tertiary/aromatic N) is 1. The van der Waals surface area contributed by atoms with Crippen molar-refractivity contribution in [2.24, 2.45) is 0 Å². The average Bonchev–Trinajstić information content (AvgIpc) is 1.94. The van der Waals surface area contributed by atoms with Crippen molar-refractivity contribution in [2.45, 2.75) is 13.0 Å². The molecule has 0 fully saturated rings. The summed E-state index contributed by atoms with van der Waals surface area (Å²) in [5, 5.41) is 4.06. The van der Waals surface area contributed by atoms with Crippen molar-refractivity contribution >= 4 is 0 Å². The van der Waals surface area contributed by atoms with E-state index in [1.807, 2.05) is 18.4 Å². The molecule has 0 spiro atoms. The first-order valence-electron chi connectivity index (χ1n) is 2.56. The van der Waals surface area contributed by atoms with Crippen molar-refractivity contribution in [3.8, 4) is 0 Å². The van der Waals surface area contributed by atoms with E-state index >= 15 is 0 Å². The summed E-state index contributed by atoms with van der Waals surface area (Å²) >= 11 is 1.50. The van der Waals surface area contributed by atoms with Crippen molar-refractivity contribution in [1.29, 1.82) is 0 Å². The van der Waals surface area contributed by atoms with Gasteiger partial charge in [-0.1, -0.05) is 25.2 Å². The number of allylic oxidation sites excluding steroid dienone is 2. The molecule has 0 aromatic heterocycles.